The van der Waals surface area contributed by atoms with Crippen molar-refractivity contribution in [3.05, 3.63) is 34.6 Å². The number of aliphatic imine (C=N–C) groups is 1. The highest BCUT2D eigenvalue weighted by atomic mass is 35.5. The van der Waals surface area contributed by atoms with E-state index in [0.717, 1.165) is 5.56 Å². The minimum atomic E-state index is -0.436. The van der Waals surface area contributed by atoms with Gasteiger partial charge in [-0.05, 0) is 29.9 Å². The first-order valence-corrected chi connectivity index (χ1v) is 4.00. The molecule has 0 unspecified atom stereocenters. The van der Waals surface area contributed by atoms with Gasteiger partial charge in [0.05, 0.1) is 16.7 Å². The van der Waals surface area contributed by atoms with Crippen LogP contribution in [0, 0.1) is 5.82 Å². The average Bonchev–Trinajstić information content (AvgIpc) is 2.07. The highest BCUT2D eigenvalue weighted by Gasteiger charge is 1.99. The Morgan fingerprint density at radius 3 is 2.92 bits per heavy atom. The molecule has 1 rings (SSSR count). The number of thiocarbonyl (C=S) groups is 1. The molecule has 0 saturated carbocycles. The van der Waals surface area contributed by atoms with Crippen LogP contribution in [0.25, 0.3) is 0 Å². The third-order valence-electron chi connectivity index (χ3n) is 1.31. The molecule has 0 bridgehead atoms. The summed E-state index contributed by atoms with van der Waals surface area (Å²) in [5.41, 5.74) is 0.731. The minimum absolute atomic E-state index is 0.116. The first-order chi connectivity index (χ1) is 5.74. The summed E-state index contributed by atoms with van der Waals surface area (Å²) in [6.07, 6.45) is 0. The van der Waals surface area contributed by atoms with Crippen LogP contribution in [0.2, 0.25) is 5.02 Å². The summed E-state index contributed by atoms with van der Waals surface area (Å²) in [6.45, 7) is 0.345. The fraction of sp³-hybridized carbons (Fsp3) is 0.125. The molecule has 1 nitrogen and oxygen atoms in total. The molecular weight excluding hydrogens is 197 g/mol. The predicted octanol–water partition coefficient (Wildman–Crippen LogP) is 3.08. The summed E-state index contributed by atoms with van der Waals surface area (Å²) in [4.78, 5) is 3.67. The second-order valence-corrected chi connectivity index (χ2v) is 2.75. The van der Waals surface area contributed by atoms with Crippen LogP contribution in [0.15, 0.2) is 23.2 Å². The van der Waals surface area contributed by atoms with E-state index in [0.29, 0.717) is 6.54 Å². The normalized spacial score (nSPS) is 9.17. The van der Waals surface area contributed by atoms with E-state index in [-0.39, 0.29) is 5.02 Å². The van der Waals surface area contributed by atoms with Gasteiger partial charge < -0.3 is 0 Å². The lowest BCUT2D eigenvalue weighted by molar-refractivity contribution is 0.626. The molecule has 0 aliphatic heterocycles. The summed E-state index contributed by atoms with van der Waals surface area (Å²) in [5, 5.41) is 2.32. The number of rotatable bonds is 2. The molecule has 0 aliphatic carbocycles. The van der Waals surface area contributed by atoms with Gasteiger partial charge in [-0.25, -0.2) is 9.38 Å². The summed E-state index contributed by atoms with van der Waals surface area (Å²) < 4.78 is 12.8. The summed E-state index contributed by atoms with van der Waals surface area (Å²) >= 11 is 9.85. The van der Waals surface area contributed by atoms with Crippen LogP contribution in [-0.2, 0) is 6.54 Å². The largest absolute Gasteiger partial charge is 0.228 e. The highest BCUT2D eigenvalue weighted by Crippen LogP contribution is 2.15. The maximum atomic E-state index is 12.8. The number of benzene rings is 1. The highest BCUT2D eigenvalue weighted by molar-refractivity contribution is 7.78. The van der Waals surface area contributed by atoms with Gasteiger partial charge in [-0.15, -0.1) is 0 Å². The van der Waals surface area contributed by atoms with Crippen LogP contribution in [0.3, 0.4) is 0 Å². The van der Waals surface area contributed by atoms with Gasteiger partial charge in [0.2, 0.25) is 0 Å². The van der Waals surface area contributed by atoms with E-state index in [1.54, 1.807) is 6.07 Å². The Balaban J connectivity index is 2.89. The molecule has 0 atom stereocenters. The van der Waals surface area contributed by atoms with E-state index in [4.69, 9.17) is 11.6 Å². The molecule has 0 aromatic heterocycles. The van der Waals surface area contributed by atoms with E-state index >= 15 is 0 Å². The summed E-state index contributed by atoms with van der Waals surface area (Å²) in [5.74, 6) is -0.436. The third-order valence-corrected chi connectivity index (χ3v) is 1.75. The van der Waals surface area contributed by atoms with Crippen LogP contribution in [0.1, 0.15) is 5.56 Å². The Hall–Kier alpha value is -0.760. The molecular formula is C8H5ClFNS. The molecule has 0 fully saturated rings. The lowest BCUT2D eigenvalue weighted by Gasteiger charge is -1.96. The molecule has 1 aromatic carbocycles. The fourth-order valence-electron chi connectivity index (χ4n) is 0.762. The number of nitrogens with zero attached hydrogens (tertiary/aromatic N) is 1. The molecule has 0 saturated heterocycles. The van der Waals surface area contributed by atoms with Crippen LogP contribution in [-0.4, -0.2) is 5.16 Å². The number of hydrogen-bond acceptors (Lipinski definition) is 2. The molecule has 0 heterocycles. The van der Waals surface area contributed by atoms with E-state index < -0.39 is 5.82 Å². The van der Waals surface area contributed by atoms with Crippen molar-refractivity contribution in [2.75, 3.05) is 0 Å². The van der Waals surface area contributed by atoms with Crippen molar-refractivity contribution in [2.45, 2.75) is 6.54 Å². The van der Waals surface area contributed by atoms with Gasteiger partial charge in [0, 0.05) is 0 Å². The molecule has 62 valence electrons. The molecule has 0 aliphatic rings. The zero-order valence-corrected chi connectivity index (χ0v) is 7.62. The standard InChI is InChI=1S/C8H5ClFNS/c9-7-2-1-6(3-8(7)10)4-11-5-12/h1-3H,4H2. The first-order valence-electron chi connectivity index (χ1n) is 3.21. The molecule has 0 N–H and O–H groups in total. The van der Waals surface area contributed by atoms with Crippen LogP contribution >= 0.6 is 23.8 Å². The monoisotopic (exact) mass is 201 g/mol. The quantitative estimate of drug-likeness (QED) is 0.529. The number of isothiocyanates is 1. The zero-order chi connectivity index (χ0) is 8.97. The van der Waals surface area contributed by atoms with Gasteiger partial charge in [-0.3, -0.25) is 0 Å². The number of halogens is 2. The van der Waals surface area contributed by atoms with Crippen molar-refractivity contribution >= 4 is 29.0 Å². The lowest BCUT2D eigenvalue weighted by atomic mass is 10.2. The smallest absolute Gasteiger partial charge is 0.142 e. The van der Waals surface area contributed by atoms with E-state index in [1.807, 2.05) is 0 Å². The fourth-order valence-corrected chi connectivity index (χ4v) is 0.944. The minimum Gasteiger partial charge on any atom is -0.228 e. The van der Waals surface area contributed by atoms with Gasteiger partial charge in [-0.1, -0.05) is 17.7 Å². The van der Waals surface area contributed by atoms with Gasteiger partial charge in [0.25, 0.3) is 0 Å². The zero-order valence-electron chi connectivity index (χ0n) is 6.05. The van der Waals surface area contributed by atoms with Crippen molar-refractivity contribution in [1.82, 2.24) is 0 Å². The van der Waals surface area contributed by atoms with Crippen molar-refractivity contribution in [1.29, 1.82) is 0 Å². The SMILES string of the molecule is Fc1cc(CN=C=S)ccc1Cl. The van der Waals surface area contributed by atoms with Gasteiger partial charge in [0.1, 0.15) is 5.82 Å². The van der Waals surface area contributed by atoms with E-state index in [1.165, 1.54) is 12.1 Å². The Morgan fingerprint density at radius 1 is 1.58 bits per heavy atom. The Kier molecular flexibility index (Phi) is 3.35. The number of hydrogen-bond donors (Lipinski definition) is 0. The Labute approximate surface area is 79.9 Å². The van der Waals surface area contributed by atoms with Crippen LogP contribution in [0.5, 0.6) is 0 Å². The van der Waals surface area contributed by atoms with Crippen LogP contribution < -0.4 is 0 Å². The lowest BCUT2D eigenvalue weighted by Crippen LogP contribution is -1.83. The molecule has 0 radical (unpaired) electrons. The maximum Gasteiger partial charge on any atom is 0.142 e. The second kappa shape index (κ2) is 4.31. The molecule has 0 amide bonds. The molecule has 12 heavy (non-hydrogen) atoms. The second-order valence-electron chi connectivity index (χ2n) is 2.16. The summed E-state index contributed by atoms with van der Waals surface area (Å²) in [6, 6.07) is 4.52. The molecule has 1 aromatic rings. The first kappa shape index (κ1) is 9.33. The van der Waals surface area contributed by atoms with Gasteiger partial charge in [0.15, 0.2) is 0 Å². The molecule has 4 heteroatoms. The predicted molar refractivity (Wildman–Crippen MR) is 50.1 cm³/mol. The van der Waals surface area contributed by atoms with Crippen molar-refractivity contribution in [2.24, 2.45) is 4.99 Å². The Bertz CT molecular complexity index is 334. The third kappa shape index (κ3) is 2.38. The average molecular weight is 202 g/mol. The topological polar surface area (TPSA) is 12.4 Å². The summed E-state index contributed by atoms with van der Waals surface area (Å²) in [7, 11) is 0. The Morgan fingerprint density at radius 2 is 2.33 bits per heavy atom. The van der Waals surface area contributed by atoms with Crippen molar-refractivity contribution < 1.29 is 4.39 Å². The van der Waals surface area contributed by atoms with Crippen molar-refractivity contribution in [3.63, 3.8) is 0 Å². The van der Waals surface area contributed by atoms with Gasteiger partial charge >= 0.3 is 0 Å². The van der Waals surface area contributed by atoms with Gasteiger partial charge in [-0.2, -0.15) is 0 Å². The maximum absolute atomic E-state index is 12.8. The van der Waals surface area contributed by atoms with Crippen molar-refractivity contribution in [3.8, 4) is 0 Å². The van der Waals surface area contributed by atoms with Crippen LogP contribution in [0.4, 0.5) is 4.39 Å². The van der Waals surface area contributed by atoms with E-state index in [2.05, 4.69) is 22.4 Å². The van der Waals surface area contributed by atoms with E-state index in [9.17, 15) is 4.39 Å². The molecule has 0 spiro atoms.